The van der Waals surface area contributed by atoms with Crippen molar-refractivity contribution in [2.45, 2.75) is 32.1 Å². The molecule has 0 heterocycles. The molecule has 2 rings (SSSR count). The molecule has 0 spiro atoms. The maximum absolute atomic E-state index is 8.84. The number of hydrogen-bond acceptors (Lipinski definition) is 1. The summed E-state index contributed by atoms with van der Waals surface area (Å²) in [4.78, 5) is 0. The molecular weight excluding hydrogens is 160 g/mol. The smallest absolute Gasteiger partial charge is 0.0468 e. The van der Waals surface area contributed by atoms with Gasteiger partial charge in [0.2, 0.25) is 0 Å². The number of aliphatic hydroxyl groups excluding tert-OH is 1. The second-order valence-corrected chi connectivity index (χ2v) is 3.80. The van der Waals surface area contributed by atoms with Crippen LogP contribution in [0.15, 0.2) is 34.9 Å². The Morgan fingerprint density at radius 2 is 1.85 bits per heavy atom. The Hall–Kier alpha value is -0.820. The van der Waals surface area contributed by atoms with Gasteiger partial charge >= 0.3 is 0 Å². The van der Waals surface area contributed by atoms with Gasteiger partial charge in [0.1, 0.15) is 0 Å². The van der Waals surface area contributed by atoms with Crippen LogP contribution < -0.4 is 0 Å². The molecule has 2 aliphatic carbocycles. The van der Waals surface area contributed by atoms with Crippen molar-refractivity contribution in [3.05, 3.63) is 34.9 Å². The summed E-state index contributed by atoms with van der Waals surface area (Å²) in [5, 5.41) is 8.84. The first kappa shape index (κ1) is 8.76. The minimum Gasteiger partial charge on any atom is -0.396 e. The van der Waals surface area contributed by atoms with E-state index in [2.05, 4.69) is 18.2 Å². The van der Waals surface area contributed by atoms with E-state index in [-0.39, 0.29) is 0 Å². The Bertz CT molecular complexity index is 281. The van der Waals surface area contributed by atoms with Gasteiger partial charge in [-0.15, -0.1) is 0 Å². The van der Waals surface area contributed by atoms with Gasteiger partial charge in [0.05, 0.1) is 0 Å². The van der Waals surface area contributed by atoms with E-state index in [9.17, 15) is 0 Å². The molecule has 0 saturated heterocycles. The van der Waals surface area contributed by atoms with Crippen LogP contribution in [0.4, 0.5) is 0 Å². The third-order valence-electron chi connectivity index (χ3n) is 2.91. The molecule has 0 saturated carbocycles. The molecule has 1 nitrogen and oxygen atoms in total. The maximum Gasteiger partial charge on any atom is 0.0468 e. The molecule has 0 aromatic carbocycles. The average Bonchev–Trinajstić information content (AvgIpc) is 2.18. The number of aliphatic hydroxyl groups is 1. The van der Waals surface area contributed by atoms with Crippen LogP contribution in [0.5, 0.6) is 0 Å². The van der Waals surface area contributed by atoms with E-state index in [0.717, 1.165) is 32.1 Å². The Morgan fingerprint density at radius 3 is 2.62 bits per heavy atom. The van der Waals surface area contributed by atoms with Crippen molar-refractivity contribution >= 4 is 0 Å². The largest absolute Gasteiger partial charge is 0.396 e. The summed E-state index contributed by atoms with van der Waals surface area (Å²) >= 11 is 0. The van der Waals surface area contributed by atoms with Crippen LogP contribution in [0.1, 0.15) is 32.1 Å². The molecule has 70 valence electrons. The molecule has 0 bridgehead atoms. The lowest BCUT2D eigenvalue weighted by molar-refractivity contribution is 0.298. The third-order valence-corrected chi connectivity index (χ3v) is 2.91. The summed E-state index contributed by atoms with van der Waals surface area (Å²) in [7, 11) is 0. The van der Waals surface area contributed by atoms with Gasteiger partial charge in [-0.1, -0.05) is 34.9 Å². The zero-order valence-electron chi connectivity index (χ0n) is 7.92. The Kier molecular flexibility index (Phi) is 2.65. The van der Waals surface area contributed by atoms with Crippen molar-refractivity contribution in [2.75, 3.05) is 6.61 Å². The van der Waals surface area contributed by atoms with Crippen LogP contribution in [0, 0.1) is 0 Å². The van der Waals surface area contributed by atoms with Crippen LogP contribution in [-0.4, -0.2) is 11.7 Å². The van der Waals surface area contributed by atoms with Gasteiger partial charge in [-0.05, 0) is 32.1 Å². The maximum atomic E-state index is 8.84. The minimum atomic E-state index is 0.296. The fraction of sp³-hybridized carbons (Fsp3) is 0.500. The number of hydrogen-bond donors (Lipinski definition) is 1. The highest BCUT2D eigenvalue weighted by Gasteiger charge is 2.14. The molecule has 0 amide bonds. The average molecular weight is 176 g/mol. The highest BCUT2D eigenvalue weighted by Crippen LogP contribution is 2.32. The lowest BCUT2D eigenvalue weighted by Gasteiger charge is -2.22. The van der Waals surface area contributed by atoms with Gasteiger partial charge in [-0.2, -0.15) is 0 Å². The van der Waals surface area contributed by atoms with Gasteiger partial charge < -0.3 is 5.11 Å². The van der Waals surface area contributed by atoms with Crippen molar-refractivity contribution in [2.24, 2.45) is 0 Å². The van der Waals surface area contributed by atoms with E-state index >= 15 is 0 Å². The Morgan fingerprint density at radius 1 is 1.08 bits per heavy atom. The van der Waals surface area contributed by atoms with Crippen LogP contribution >= 0.6 is 0 Å². The van der Waals surface area contributed by atoms with Gasteiger partial charge in [0, 0.05) is 6.61 Å². The lowest BCUT2D eigenvalue weighted by Crippen LogP contribution is -2.03. The van der Waals surface area contributed by atoms with Crippen molar-refractivity contribution in [1.29, 1.82) is 0 Å². The summed E-state index contributed by atoms with van der Waals surface area (Å²) in [5.41, 5.74) is 4.65. The Balaban J connectivity index is 2.02. The first-order valence-corrected chi connectivity index (χ1v) is 5.03. The molecule has 0 fully saturated rings. The number of allylic oxidation sites excluding steroid dienone is 5. The topological polar surface area (TPSA) is 20.2 Å². The molecule has 0 aliphatic heterocycles. The monoisotopic (exact) mass is 176 g/mol. The first-order valence-electron chi connectivity index (χ1n) is 5.03. The van der Waals surface area contributed by atoms with Crippen molar-refractivity contribution in [3.63, 3.8) is 0 Å². The molecule has 0 atom stereocenters. The molecule has 0 aromatic rings. The fourth-order valence-electron chi connectivity index (χ4n) is 2.11. The summed E-state index contributed by atoms with van der Waals surface area (Å²) in [5.74, 6) is 0. The van der Waals surface area contributed by atoms with E-state index in [4.69, 9.17) is 5.11 Å². The van der Waals surface area contributed by atoms with Crippen LogP contribution in [0.25, 0.3) is 0 Å². The molecule has 13 heavy (non-hydrogen) atoms. The second kappa shape index (κ2) is 3.93. The lowest BCUT2D eigenvalue weighted by atomic mass is 9.84. The van der Waals surface area contributed by atoms with Gasteiger partial charge in [-0.3, -0.25) is 0 Å². The highest BCUT2D eigenvalue weighted by atomic mass is 16.2. The zero-order valence-corrected chi connectivity index (χ0v) is 7.92. The fourth-order valence-corrected chi connectivity index (χ4v) is 2.11. The van der Waals surface area contributed by atoms with E-state index in [0.29, 0.717) is 6.61 Å². The molecular formula is C12H16O. The molecule has 0 unspecified atom stereocenters. The molecule has 0 radical (unpaired) electrons. The molecule has 1 N–H and O–H groups in total. The summed E-state index contributed by atoms with van der Waals surface area (Å²) in [6.07, 6.45) is 12.2. The zero-order chi connectivity index (χ0) is 9.10. The van der Waals surface area contributed by atoms with Crippen LogP contribution in [0.3, 0.4) is 0 Å². The van der Waals surface area contributed by atoms with Gasteiger partial charge in [0.15, 0.2) is 0 Å². The first-order chi connectivity index (χ1) is 6.40. The summed E-state index contributed by atoms with van der Waals surface area (Å²) in [6, 6.07) is 0. The molecule has 1 heteroatoms. The quantitative estimate of drug-likeness (QED) is 0.641. The van der Waals surface area contributed by atoms with Gasteiger partial charge in [0.25, 0.3) is 0 Å². The van der Waals surface area contributed by atoms with E-state index in [1.165, 1.54) is 5.57 Å². The SMILES string of the molecule is OCCC1=CCC2=C(CC=CC2)C1. The van der Waals surface area contributed by atoms with Gasteiger partial charge in [-0.25, -0.2) is 0 Å². The number of rotatable bonds is 2. The standard InChI is InChI=1S/C12H16O/c13-8-7-10-5-6-11-3-1-2-4-12(11)9-10/h1-2,5,13H,3-4,6-9H2. The van der Waals surface area contributed by atoms with Crippen LogP contribution in [0.2, 0.25) is 0 Å². The highest BCUT2D eigenvalue weighted by molar-refractivity contribution is 5.34. The second-order valence-electron chi connectivity index (χ2n) is 3.80. The summed E-state index contributed by atoms with van der Waals surface area (Å²) in [6.45, 7) is 0.296. The predicted octanol–water partition coefficient (Wildman–Crippen LogP) is 2.74. The van der Waals surface area contributed by atoms with E-state index in [1.54, 1.807) is 11.1 Å². The van der Waals surface area contributed by atoms with Crippen molar-refractivity contribution < 1.29 is 5.11 Å². The summed E-state index contributed by atoms with van der Waals surface area (Å²) < 4.78 is 0. The van der Waals surface area contributed by atoms with E-state index in [1.807, 2.05) is 0 Å². The Labute approximate surface area is 79.5 Å². The van der Waals surface area contributed by atoms with Crippen molar-refractivity contribution in [3.8, 4) is 0 Å². The molecule has 0 aromatic heterocycles. The third kappa shape index (κ3) is 1.92. The van der Waals surface area contributed by atoms with Crippen molar-refractivity contribution in [1.82, 2.24) is 0 Å². The van der Waals surface area contributed by atoms with E-state index < -0.39 is 0 Å². The molecule has 2 aliphatic rings. The predicted molar refractivity (Wildman–Crippen MR) is 54.4 cm³/mol. The van der Waals surface area contributed by atoms with Crippen LogP contribution in [-0.2, 0) is 0 Å². The normalized spacial score (nSPS) is 21.5. The minimum absolute atomic E-state index is 0.296.